The normalized spacial score (nSPS) is 35.5. The number of sulfonamides is 1. The molecule has 0 amide bonds. The summed E-state index contributed by atoms with van der Waals surface area (Å²) < 4.78 is 24.2. The van der Waals surface area contributed by atoms with Crippen molar-refractivity contribution in [1.29, 1.82) is 0 Å². The van der Waals surface area contributed by atoms with Crippen LogP contribution >= 0.6 is 0 Å². The lowest BCUT2D eigenvalue weighted by Gasteiger charge is -2.23. The molecule has 2 aliphatic rings. The van der Waals surface area contributed by atoms with Crippen molar-refractivity contribution in [3.63, 3.8) is 0 Å². The highest BCUT2D eigenvalue weighted by Crippen LogP contribution is 2.26. The van der Waals surface area contributed by atoms with E-state index in [1.165, 1.54) is 0 Å². The summed E-state index contributed by atoms with van der Waals surface area (Å²) >= 11 is 0. The van der Waals surface area contributed by atoms with Gasteiger partial charge in [-0.05, 0) is 12.8 Å². The SMILES string of the molecule is O=S1(=O)CCC2CC=CCN21. The summed E-state index contributed by atoms with van der Waals surface area (Å²) in [6, 6.07) is 0.269. The molecule has 1 unspecified atom stereocenters. The molecular formula is C7H11NO2S. The topological polar surface area (TPSA) is 37.4 Å². The van der Waals surface area contributed by atoms with E-state index in [0.29, 0.717) is 12.3 Å². The van der Waals surface area contributed by atoms with Crippen LogP contribution < -0.4 is 0 Å². The Hall–Kier alpha value is -0.350. The van der Waals surface area contributed by atoms with E-state index in [1.54, 1.807) is 4.31 Å². The Bertz CT molecular complexity index is 281. The van der Waals surface area contributed by atoms with Gasteiger partial charge in [-0.15, -0.1) is 0 Å². The van der Waals surface area contributed by atoms with Crippen molar-refractivity contribution in [3.8, 4) is 0 Å². The average molecular weight is 173 g/mol. The van der Waals surface area contributed by atoms with Gasteiger partial charge >= 0.3 is 0 Å². The van der Waals surface area contributed by atoms with Gasteiger partial charge in [0.15, 0.2) is 0 Å². The van der Waals surface area contributed by atoms with Crippen molar-refractivity contribution in [3.05, 3.63) is 12.2 Å². The second-order valence-electron chi connectivity index (χ2n) is 3.04. The molecule has 2 aliphatic heterocycles. The molecule has 0 aromatic heterocycles. The molecule has 11 heavy (non-hydrogen) atoms. The second kappa shape index (κ2) is 2.32. The van der Waals surface area contributed by atoms with Gasteiger partial charge in [0.25, 0.3) is 0 Å². The third kappa shape index (κ3) is 1.10. The third-order valence-corrected chi connectivity index (χ3v) is 4.25. The van der Waals surface area contributed by atoms with Gasteiger partial charge in [0.2, 0.25) is 10.0 Å². The first-order chi connectivity index (χ1) is 5.20. The van der Waals surface area contributed by atoms with Crippen LogP contribution in [0.3, 0.4) is 0 Å². The average Bonchev–Trinajstić information content (AvgIpc) is 2.29. The van der Waals surface area contributed by atoms with E-state index in [-0.39, 0.29) is 6.04 Å². The maximum absolute atomic E-state index is 11.3. The monoisotopic (exact) mass is 173 g/mol. The van der Waals surface area contributed by atoms with Crippen LogP contribution in [0, 0.1) is 0 Å². The number of fused-ring (bicyclic) bond motifs is 1. The van der Waals surface area contributed by atoms with Crippen molar-refractivity contribution in [2.45, 2.75) is 18.9 Å². The van der Waals surface area contributed by atoms with E-state index in [0.717, 1.165) is 12.8 Å². The minimum Gasteiger partial charge on any atom is -0.212 e. The number of nitrogens with zero attached hydrogens (tertiary/aromatic N) is 1. The summed E-state index contributed by atoms with van der Waals surface area (Å²) in [6.45, 7) is 0.590. The fourth-order valence-corrected chi connectivity index (χ4v) is 3.47. The molecule has 0 N–H and O–H groups in total. The molecule has 0 bridgehead atoms. The maximum atomic E-state index is 11.3. The van der Waals surface area contributed by atoms with Crippen molar-refractivity contribution >= 4 is 10.0 Å². The summed E-state index contributed by atoms with van der Waals surface area (Å²) in [5, 5.41) is 0. The number of hydrogen-bond acceptors (Lipinski definition) is 2. The first-order valence-electron chi connectivity index (χ1n) is 3.85. The zero-order valence-corrected chi connectivity index (χ0v) is 7.05. The molecule has 4 heteroatoms. The molecule has 0 saturated carbocycles. The first-order valence-corrected chi connectivity index (χ1v) is 5.45. The van der Waals surface area contributed by atoms with Crippen LogP contribution in [0.5, 0.6) is 0 Å². The van der Waals surface area contributed by atoms with Crippen molar-refractivity contribution < 1.29 is 8.42 Å². The minimum absolute atomic E-state index is 0.269. The van der Waals surface area contributed by atoms with Gasteiger partial charge in [0, 0.05) is 12.6 Å². The van der Waals surface area contributed by atoms with Gasteiger partial charge in [0.05, 0.1) is 5.75 Å². The Kier molecular flexibility index (Phi) is 1.54. The zero-order chi connectivity index (χ0) is 7.90. The zero-order valence-electron chi connectivity index (χ0n) is 6.23. The Morgan fingerprint density at radius 2 is 2.18 bits per heavy atom. The predicted octanol–water partition coefficient (Wildman–Crippen LogP) is 0.350. The minimum atomic E-state index is -2.87. The van der Waals surface area contributed by atoms with Crippen LogP contribution in [0.4, 0.5) is 0 Å². The molecular weight excluding hydrogens is 162 g/mol. The molecule has 2 heterocycles. The van der Waals surface area contributed by atoms with Crippen LogP contribution in [-0.4, -0.2) is 31.1 Å². The Morgan fingerprint density at radius 3 is 2.91 bits per heavy atom. The molecule has 2 rings (SSSR count). The van der Waals surface area contributed by atoms with Gasteiger partial charge in [-0.25, -0.2) is 8.42 Å². The van der Waals surface area contributed by atoms with Gasteiger partial charge in [0.1, 0.15) is 0 Å². The highest BCUT2D eigenvalue weighted by atomic mass is 32.2. The van der Waals surface area contributed by atoms with E-state index in [4.69, 9.17) is 0 Å². The second-order valence-corrected chi connectivity index (χ2v) is 5.08. The van der Waals surface area contributed by atoms with Crippen molar-refractivity contribution in [2.24, 2.45) is 0 Å². The number of hydrogen-bond donors (Lipinski definition) is 0. The van der Waals surface area contributed by atoms with Gasteiger partial charge in [-0.3, -0.25) is 0 Å². The molecule has 1 saturated heterocycles. The quantitative estimate of drug-likeness (QED) is 0.496. The Labute approximate surface area is 66.7 Å². The third-order valence-electron chi connectivity index (χ3n) is 2.33. The summed E-state index contributed by atoms with van der Waals surface area (Å²) in [4.78, 5) is 0. The van der Waals surface area contributed by atoms with Crippen LogP contribution in [0.15, 0.2) is 12.2 Å². The first kappa shape index (κ1) is 7.31. The highest BCUT2D eigenvalue weighted by Gasteiger charge is 2.36. The molecule has 0 aliphatic carbocycles. The molecule has 1 fully saturated rings. The standard InChI is InChI=1S/C7H11NO2S/c9-11(10)6-4-7-3-1-2-5-8(7)11/h1-2,7H,3-6H2. The fourth-order valence-electron chi connectivity index (χ4n) is 1.70. The van der Waals surface area contributed by atoms with E-state index in [2.05, 4.69) is 6.08 Å². The van der Waals surface area contributed by atoms with Crippen molar-refractivity contribution in [2.75, 3.05) is 12.3 Å². The summed E-state index contributed by atoms with van der Waals surface area (Å²) in [7, 11) is -2.87. The van der Waals surface area contributed by atoms with Crippen LogP contribution in [0.1, 0.15) is 12.8 Å². The smallest absolute Gasteiger partial charge is 0.212 e. The highest BCUT2D eigenvalue weighted by molar-refractivity contribution is 7.89. The lowest BCUT2D eigenvalue weighted by atomic mass is 10.1. The molecule has 1 atom stereocenters. The molecule has 62 valence electrons. The molecule has 3 nitrogen and oxygen atoms in total. The summed E-state index contributed by atoms with van der Waals surface area (Å²) in [5.41, 5.74) is 0. The lowest BCUT2D eigenvalue weighted by molar-refractivity contribution is 0.359. The maximum Gasteiger partial charge on any atom is 0.214 e. The van der Waals surface area contributed by atoms with Crippen LogP contribution in [0.2, 0.25) is 0 Å². The van der Waals surface area contributed by atoms with E-state index in [1.807, 2.05) is 6.08 Å². The van der Waals surface area contributed by atoms with Crippen LogP contribution in [0.25, 0.3) is 0 Å². The van der Waals surface area contributed by atoms with E-state index < -0.39 is 10.0 Å². The lowest BCUT2D eigenvalue weighted by Crippen LogP contribution is -2.34. The van der Waals surface area contributed by atoms with Gasteiger partial charge < -0.3 is 0 Å². The fraction of sp³-hybridized carbons (Fsp3) is 0.714. The molecule has 0 spiro atoms. The Morgan fingerprint density at radius 1 is 1.36 bits per heavy atom. The molecule has 0 aromatic rings. The van der Waals surface area contributed by atoms with E-state index in [9.17, 15) is 8.42 Å². The van der Waals surface area contributed by atoms with E-state index >= 15 is 0 Å². The Balaban J connectivity index is 2.32. The summed E-state index contributed by atoms with van der Waals surface area (Å²) in [6.07, 6.45) is 5.72. The van der Waals surface area contributed by atoms with Crippen LogP contribution in [-0.2, 0) is 10.0 Å². The molecule has 0 radical (unpaired) electrons. The van der Waals surface area contributed by atoms with Gasteiger partial charge in [-0.2, -0.15) is 4.31 Å². The summed E-state index contributed by atoms with van der Waals surface area (Å²) in [5.74, 6) is 0.347. The largest absolute Gasteiger partial charge is 0.214 e. The molecule has 0 aromatic carbocycles. The number of rotatable bonds is 0. The van der Waals surface area contributed by atoms with Gasteiger partial charge in [-0.1, -0.05) is 12.2 Å². The van der Waals surface area contributed by atoms with Crippen molar-refractivity contribution in [1.82, 2.24) is 4.31 Å². The predicted molar refractivity (Wildman–Crippen MR) is 42.7 cm³/mol.